The van der Waals surface area contributed by atoms with Gasteiger partial charge in [-0.2, -0.15) is 4.99 Å². The molecule has 1 rings (SSSR count). The van der Waals surface area contributed by atoms with E-state index in [2.05, 4.69) is 4.99 Å². The Morgan fingerprint density at radius 3 is 2.53 bits per heavy atom. The van der Waals surface area contributed by atoms with Crippen LogP contribution in [-0.4, -0.2) is 54.0 Å². The summed E-state index contributed by atoms with van der Waals surface area (Å²) in [7, 11) is 0. The van der Waals surface area contributed by atoms with Crippen molar-refractivity contribution in [2.75, 3.05) is 19.7 Å². The summed E-state index contributed by atoms with van der Waals surface area (Å²) in [6.45, 7) is 10.3. The van der Waals surface area contributed by atoms with Crippen LogP contribution in [-0.2, 0) is 14.3 Å². The summed E-state index contributed by atoms with van der Waals surface area (Å²) in [5.41, 5.74) is -1.23. The summed E-state index contributed by atoms with van der Waals surface area (Å²) in [5, 5.41) is 0. The predicted molar refractivity (Wildman–Crippen MR) is 69.7 cm³/mol. The van der Waals surface area contributed by atoms with E-state index in [0.29, 0.717) is 19.7 Å². The predicted octanol–water partition coefficient (Wildman–Crippen LogP) is 1.74. The third-order valence-electron chi connectivity index (χ3n) is 2.84. The van der Waals surface area contributed by atoms with Crippen LogP contribution in [0.15, 0.2) is 4.99 Å². The highest BCUT2D eigenvalue weighted by atomic mass is 16.6. The van der Waals surface area contributed by atoms with Crippen LogP contribution in [0.3, 0.4) is 0 Å². The number of morpholine rings is 1. The number of hydrogen-bond acceptors (Lipinski definition) is 5. The van der Waals surface area contributed by atoms with Crippen LogP contribution < -0.4 is 0 Å². The molecule has 0 spiro atoms. The zero-order chi connectivity index (χ0) is 14.7. The van der Waals surface area contributed by atoms with Gasteiger partial charge in [0.1, 0.15) is 11.7 Å². The summed E-state index contributed by atoms with van der Waals surface area (Å²) >= 11 is 0. The minimum Gasteiger partial charge on any atom is -0.444 e. The molecule has 0 aromatic carbocycles. The van der Waals surface area contributed by atoms with Crippen molar-refractivity contribution in [3.05, 3.63) is 0 Å². The van der Waals surface area contributed by atoms with Gasteiger partial charge in [0.05, 0.1) is 18.7 Å². The lowest BCUT2D eigenvalue weighted by atomic mass is 9.97. The molecule has 19 heavy (non-hydrogen) atoms. The first kappa shape index (κ1) is 15.7. The fourth-order valence-electron chi connectivity index (χ4n) is 1.76. The Kier molecular flexibility index (Phi) is 4.71. The second kappa shape index (κ2) is 5.72. The number of aliphatic imine (C=N–C) groups is 1. The highest BCUT2D eigenvalue weighted by Gasteiger charge is 2.37. The third kappa shape index (κ3) is 4.65. The molecular formula is C13H22N2O4. The fourth-order valence-corrected chi connectivity index (χ4v) is 1.76. The minimum absolute atomic E-state index is 0.338. The molecule has 1 atom stereocenters. The summed E-state index contributed by atoms with van der Waals surface area (Å²) < 4.78 is 10.9. The smallest absolute Gasteiger partial charge is 0.410 e. The van der Waals surface area contributed by atoms with Crippen molar-refractivity contribution in [2.24, 2.45) is 4.99 Å². The monoisotopic (exact) mass is 270 g/mol. The number of amides is 1. The van der Waals surface area contributed by atoms with Crippen molar-refractivity contribution in [3.63, 3.8) is 0 Å². The normalized spacial score (nSPS) is 20.7. The van der Waals surface area contributed by atoms with E-state index in [1.165, 1.54) is 0 Å². The first-order valence-corrected chi connectivity index (χ1v) is 6.34. The number of carbonyl (C=O) groups excluding carboxylic acids is 2. The van der Waals surface area contributed by atoms with Gasteiger partial charge in [0.15, 0.2) is 0 Å². The topological polar surface area (TPSA) is 68.2 Å². The molecule has 6 nitrogen and oxygen atoms in total. The molecular weight excluding hydrogens is 248 g/mol. The highest BCUT2D eigenvalue weighted by molar-refractivity contribution is 5.68. The maximum atomic E-state index is 12.0. The lowest BCUT2D eigenvalue weighted by Crippen LogP contribution is -2.53. The van der Waals surface area contributed by atoms with Crippen molar-refractivity contribution in [3.8, 4) is 0 Å². The van der Waals surface area contributed by atoms with E-state index >= 15 is 0 Å². The lowest BCUT2D eigenvalue weighted by molar-refractivity contribution is -0.0637. The molecule has 0 saturated carbocycles. The number of ether oxygens (including phenoxy) is 2. The van der Waals surface area contributed by atoms with Crippen molar-refractivity contribution in [1.82, 2.24) is 4.90 Å². The van der Waals surface area contributed by atoms with Crippen LogP contribution in [0.25, 0.3) is 0 Å². The molecule has 1 unspecified atom stereocenters. The van der Waals surface area contributed by atoms with Crippen LogP contribution in [0.4, 0.5) is 4.79 Å². The standard InChI is InChI=1S/C13H22N2O4/c1-12(2,3)19-11(17)15-6-7-18-10(8-15)13(4,5)14-9-16/h10H,6-8H2,1-5H3. The lowest BCUT2D eigenvalue weighted by Gasteiger charge is -2.38. The molecule has 0 bridgehead atoms. The Labute approximate surface area is 113 Å². The van der Waals surface area contributed by atoms with Gasteiger partial charge in [-0.25, -0.2) is 9.59 Å². The van der Waals surface area contributed by atoms with Gasteiger partial charge >= 0.3 is 6.09 Å². The molecule has 1 heterocycles. The van der Waals surface area contributed by atoms with Gasteiger partial charge in [0.25, 0.3) is 0 Å². The van der Waals surface area contributed by atoms with Crippen molar-refractivity contribution in [2.45, 2.75) is 51.9 Å². The Morgan fingerprint density at radius 2 is 2.00 bits per heavy atom. The van der Waals surface area contributed by atoms with Crippen LogP contribution in [0.2, 0.25) is 0 Å². The van der Waals surface area contributed by atoms with Gasteiger partial charge in [0.2, 0.25) is 6.08 Å². The maximum absolute atomic E-state index is 12.0. The summed E-state index contributed by atoms with van der Waals surface area (Å²) in [5.74, 6) is 0. The molecule has 0 aromatic heterocycles. The number of isocyanates is 1. The van der Waals surface area contributed by atoms with Crippen molar-refractivity contribution < 1.29 is 19.1 Å². The SMILES string of the molecule is CC(C)(C)OC(=O)N1CCOC(C(C)(C)N=C=O)C1. The van der Waals surface area contributed by atoms with Crippen LogP contribution in [0, 0.1) is 0 Å². The highest BCUT2D eigenvalue weighted by Crippen LogP contribution is 2.22. The Bertz CT molecular complexity index is 381. The fraction of sp³-hybridized carbons (Fsp3) is 0.846. The van der Waals surface area contributed by atoms with E-state index in [9.17, 15) is 9.59 Å². The molecule has 0 aromatic rings. The van der Waals surface area contributed by atoms with Crippen molar-refractivity contribution >= 4 is 12.2 Å². The van der Waals surface area contributed by atoms with E-state index in [1.807, 2.05) is 20.8 Å². The minimum atomic E-state index is -0.706. The molecule has 0 aliphatic carbocycles. The Morgan fingerprint density at radius 1 is 1.37 bits per heavy atom. The number of rotatable bonds is 2. The number of nitrogens with zero attached hydrogens (tertiary/aromatic N) is 2. The van der Waals surface area contributed by atoms with Gasteiger partial charge < -0.3 is 14.4 Å². The molecule has 1 saturated heterocycles. The van der Waals surface area contributed by atoms with E-state index in [0.717, 1.165) is 0 Å². The quantitative estimate of drug-likeness (QED) is 0.566. The zero-order valence-electron chi connectivity index (χ0n) is 12.2. The molecule has 6 heteroatoms. The first-order valence-electron chi connectivity index (χ1n) is 6.34. The molecule has 0 radical (unpaired) electrons. The van der Waals surface area contributed by atoms with Crippen LogP contribution >= 0.6 is 0 Å². The zero-order valence-corrected chi connectivity index (χ0v) is 12.2. The van der Waals surface area contributed by atoms with Crippen LogP contribution in [0.5, 0.6) is 0 Å². The van der Waals surface area contributed by atoms with E-state index in [4.69, 9.17) is 9.47 Å². The average molecular weight is 270 g/mol. The van der Waals surface area contributed by atoms with Gasteiger partial charge in [-0.3, -0.25) is 0 Å². The molecule has 1 amide bonds. The molecule has 108 valence electrons. The molecule has 1 fully saturated rings. The van der Waals surface area contributed by atoms with E-state index in [-0.39, 0.29) is 12.2 Å². The average Bonchev–Trinajstić information content (AvgIpc) is 2.27. The van der Waals surface area contributed by atoms with Gasteiger partial charge in [0, 0.05) is 6.54 Å². The Balaban J connectivity index is 2.69. The molecule has 1 aliphatic heterocycles. The molecule has 1 aliphatic rings. The van der Waals surface area contributed by atoms with E-state index in [1.54, 1.807) is 24.8 Å². The van der Waals surface area contributed by atoms with Gasteiger partial charge in [-0.15, -0.1) is 0 Å². The largest absolute Gasteiger partial charge is 0.444 e. The van der Waals surface area contributed by atoms with Gasteiger partial charge in [-0.05, 0) is 34.6 Å². The van der Waals surface area contributed by atoms with Gasteiger partial charge in [-0.1, -0.05) is 0 Å². The summed E-state index contributed by atoms with van der Waals surface area (Å²) in [6.07, 6.45) is 0.841. The maximum Gasteiger partial charge on any atom is 0.410 e. The van der Waals surface area contributed by atoms with E-state index < -0.39 is 11.1 Å². The second-order valence-electron chi connectivity index (χ2n) is 6.14. The first-order chi connectivity index (χ1) is 8.65. The Hall–Kier alpha value is -1.39. The molecule has 0 N–H and O–H groups in total. The summed E-state index contributed by atoms with van der Waals surface area (Å²) in [4.78, 5) is 27.7. The number of hydrogen-bond donors (Lipinski definition) is 0. The van der Waals surface area contributed by atoms with Crippen LogP contribution in [0.1, 0.15) is 34.6 Å². The number of carbonyl (C=O) groups is 1. The summed E-state index contributed by atoms with van der Waals surface area (Å²) in [6, 6.07) is 0. The second-order valence-corrected chi connectivity index (χ2v) is 6.14. The van der Waals surface area contributed by atoms with Crippen molar-refractivity contribution in [1.29, 1.82) is 0 Å². The third-order valence-corrected chi connectivity index (χ3v) is 2.84.